The molecule has 0 atom stereocenters. The topological polar surface area (TPSA) is 72.2 Å². The summed E-state index contributed by atoms with van der Waals surface area (Å²) in [7, 11) is 2.01. The molecule has 2 aromatic heterocycles. The van der Waals surface area contributed by atoms with Crippen LogP contribution < -0.4 is 10.2 Å². The van der Waals surface area contributed by atoms with Crippen molar-refractivity contribution < 1.29 is 9.59 Å². The quantitative estimate of drug-likeness (QED) is 0.534. The first-order valence-electron chi connectivity index (χ1n) is 10.7. The number of rotatable bonds is 4. The number of carbonyl (C=O) groups is 2. The van der Waals surface area contributed by atoms with Crippen LogP contribution in [0, 0.1) is 13.8 Å². The molecule has 1 aliphatic heterocycles. The van der Waals surface area contributed by atoms with E-state index >= 15 is 0 Å². The SMILES string of the molecule is Cc1cccc(C)c1NC(=O)CN1C(=O)CCn2nc(-c3cn(C)c4ccccc34)cc21. The molecule has 0 bridgehead atoms. The Bertz CT molecular complexity index is 1340. The molecule has 2 aromatic carbocycles. The normalized spacial score (nSPS) is 13.5. The highest BCUT2D eigenvalue weighted by Gasteiger charge is 2.29. The Morgan fingerprint density at radius 2 is 1.84 bits per heavy atom. The fourth-order valence-corrected chi connectivity index (χ4v) is 4.43. The zero-order chi connectivity index (χ0) is 22.4. The van der Waals surface area contributed by atoms with Crippen LogP contribution in [0.15, 0.2) is 54.7 Å². The molecule has 7 nitrogen and oxygen atoms in total. The first kappa shape index (κ1) is 20.1. The minimum atomic E-state index is -0.225. The molecule has 2 amide bonds. The molecule has 0 aliphatic carbocycles. The van der Waals surface area contributed by atoms with E-state index in [1.54, 1.807) is 0 Å². The predicted molar refractivity (Wildman–Crippen MR) is 126 cm³/mol. The first-order valence-corrected chi connectivity index (χ1v) is 10.7. The lowest BCUT2D eigenvalue weighted by Crippen LogP contribution is -2.42. The summed E-state index contributed by atoms with van der Waals surface area (Å²) < 4.78 is 3.90. The largest absolute Gasteiger partial charge is 0.350 e. The molecule has 1 N–H and O–H groups in total. The van der Waals surface area contributed by atoms with Crippen LogP contribution >= 0.6 is 0 Å². The lowest BCUT2D eigenvalue weighted by molar-refractivity contribution is -0.122. The maximum atomic E-state index is 12.9. The van der Waals surface area contributed by atoms with Crippen molar-refractivity contribution in [1.82, 2.24) is 14.3 Å². The van der Waals surface area contributed by atoms with Gasteiger partial charge in [0, 0.05) is 47.9 Å². The molecule has 0 unspecified atom stereocenters. The Balaban J connectivity index is 1.46. The number of aryl methyl sites for hydroxylation is 4. The van der Waals surface area contributed by atoms with Gasteiger partial charge in [0.25, 0.3) is 0 Å². The molecule has 5 rings (SSSR count). The lowest BCUT2D eigenvalue weighted by Gasteiger charge is -2.27. The molecule has 32 heavy (non-hydrogen) atoms. The molecular formula is C25H25N5O2. The van der Waals surface area contributed by atoms with Gasteiger partial charge in [0.05, 0.1) is 12.2 Å². The molecule has 0 saturated carbocycles. The third-order valence-electron chi connectivity index (χ3n) is 6.09. The van der Waals surface area contributed by atoms with E-state index in [0.717, 1.165) is 39.0 Å². The Morgan fingerprint density at radius 1 is 1.09 bits per heavy atom. The van der Waals surface area contributed by atoms with Crippen molar-refractivity contribution in [2.24, 2.45) is 7.05 Å². The number of fused-ring (bicyclic) bond motifs is 2. The molecule has 162 valence electrons. The van der Waals surface area contributed by atoms with Crippen LogP contribution in [0.5, 0.6) is 0 Å². The summed E-state index contributed by atoms with van der Waals surface area (Å²) in [6.07, 6.45) is 2.37. The zero-order valence-electron chi connectivity index (χ0n) is 18.4. The predicted octanol–water partition coefficient (Wildman–Crippen LogP) is 4.03. The number of benzene rings is 2. The molecule has 1 aliphatic rings. The van der Waals surface area contributed by atoms with Gasteiger partial charge in [0.2, 0.25) is 11.8 Å². The van der Waals surface area contributed by atoms with Gasteiger partial charge in [-0.1, -0.05) is 36.4 Å². The second kappa shape index (κ2) is 7.67. The fraction of sp³-hybridized carbons (Fsp3) is 0.240. The van der Waals surface area contributed by atoms with Crippen molar-refractivity contribution in [1.29, 1.82) is 0 Å². The average molecular weight is 428 g/mol. The standard InChI is InChI=1S/C25H25N5O2/c1-16-7-6-8-17(2)25(16)26-22(31)15-29-23-13-20(27-30(23)12-11-24(29)32)19-14-28(3)21-10-5-4-9-18(19)21/h4-10,13-14H,11-12,15H2,1-3H3,(H,26,31). The smallest absolute Gasteiger partial charge is 0.244 e. The molecule has 3 heterocycles. The Labute approximate surface area is 186 Å². The van der Waals surface area contributed by atoms with Crippen LogP contribution in [0.2, 0.25) is 0 Å². The maximum Gasteiger partial charge on any atom is 0.244 e. The van der Waals surface area contributed by atoms with Crippen molar-refractivity contribution in [3.8, 4) is 11.3 Å². The van der Waals surface area contributed by atoms with Gasteiger partial charge in [0.1, 0.15) is 12.4 Å². The maximum absolute atomic E-state index is 12.9. The number of hydrogen-bond donors (Lipinski definition) is 1. The van der Waals surface area contributed by atoms with Crippen molar-refractivity contribution in [3.63, 3.8) is 0 Å². The van der Waals surface area contributed by atoms with E-state index in [0.29, 0.717) is 18.8 Å². The average Bonchev–Trinajstić information content (AvgIpc) is 3.35. The summed E-state index contributed by atoms with van der Waals surface area (Å²) in [4.78, 5) is 27.1. The van der Waals surface area contributed by atoms with Gasteiger partial charge in [-0.05, 0) is 31.0 Å². The third-order valence-corrected chi connectivity index (χ3v) is 6.09. The van der Waals surface area contributed by atoms with E-state index in [1.807, 2.05) is 62.0 Å². The number of para-hydroxylation sites is 2. The van der Waals surface area contributed by atoms with E-state index in [-0.39, 0.29) is 18.4 Å². The lowest BCUT2D eigenvalue weighted by atomic mass is 10.1. The highest BCUT2D eigenvalue weighted by Crippen LogP contribution is 2.33. The molecular weight excluding hydrogens is 402 g/mol. The minimum absolute atomic E-state index is 0.0483. The number of carbonyl (C=O) groups excluding carboxylic acids is 2. The number of nitrogens with one attached hydrogen (secondary N) is 1. The molecule has 4 aromatic rings. The van der Waals surface area contributed by atoms with Gasteiger partial charge >= 0.3 is 0 Å². The van der Waals surface area contributed by atoms with Crippen LogP contribution in [0.1, 0.15) is 17.5 Å². The van der Waals surface area contributed by atoms with E-state index in [1.165, 1.54) is 4.90 Å². The summed E-state index contributed by atoms with van der Waals surface area (Å²) in [5.41, 5.74) is 5.71. The van der Waals surface area contributed by atoms with E-state index in [2.05, 4.69) is 28.2 Å². The van der Waals surface area contributed by atoms with Crippen molar-refractivity contribution >= 4 is 34.2 Å². The highest BCUT2D eigenvalue weighted by molar-refractivity contribution is 6.04. The van der Waals surface area contributed by atoms with Crippen molar-refractivity contribution in [2.75, 3.05) is 16.8 Å². The number of nitrogens with zero attached hydrogens (tertiary/aromatic N) is 4. The number of amides is 2. The van der Waals surface area contributed by atoms with Gasteiger partial charge < -0.3 is 9.88 Å². The second-order valence-electron chi connectivity index (χ2n) is 8.33. The van der Waals surface area contributed by atoms with Gasteiger partial charge in [-0.25, -0.2) is 4.68 Å². The zero-order valence-corrected chi connectivity index (χ0v) is 18.4. The van der Waals surface area contributed by atoms with Gasteiger partial charge in [-0.3, -0.25) is 14.5 Å². The Hall–Kier alpha value is -3.87. The van der Waals surface area contributed by atoms with E-state index in [4.69, 9.17) is 5.10 Å². The van der Waals surface area contributed by atoms with Crippen LogP contribution in [0.4, 0.5) is 11.5 Å². The third kappa shape index (κ3) is 3.36. The molecule has 0 spiro atoms. The number of anilines is 2. The van der Waals surface area contributed by atoms with Gasteiger partial charge in [-0.2, -0.15) is 5.10 Å². The van der Waals surface area contributed by atoms with Crippen molar-refractivity contribution in [3.05, 3.63) is 65.9 Å². The molecule has 0 saturated heterocycles. The first-order chi connectivity index (χ1) is 15.4. The van der Waals surface area contributed by atoms with Crippen LogP contribution in [-0.4, -0.2) is 32.7 Å². The van der Waals surface area contributed by atoms with Crippen LogP contribution in [0.25, 0.3) is 22.2 Å². The van der Waals surface area contributed by atoms with Gasteiger partial charge in [0.15, 0.2) is 0 Å². The van der Waals surface area contributed by atoms with E-state index in [9.17, 15) is 9.59 Å². The molecule has 7 heteroatoms. The van der Waals surface area contributed by atoms with Crippen molar-refractivity contribution in [2.45, 2.75) is 26.8 Å². The molecule has 0 fully saturated rings. The summed E-state index contributed by atoms with van der Waals surface area (Å²) in [5, 5.41) is 8.85. The summed E-state index contributed by atoms with van der Waals surface area (Å²) in [5.74, 6) is 0.358. The van der Waals surface area contributed by atoms with E-state index < -0.39 is 0 Å². The summed E-state index contributed by atoms with van der Waals surface area (Å²) in [6, 6.07) is 16.0. The second-order valence-corrected chi connectivity index (χ2v) is 8.33. The van der Waals surface area contributed by atoms with Gasteiger partial charge in [-0.15, -0.1) is 0 Å². The Kier molecular flexibility index (Phi) is 4.81. The highest BCUT2D eigenvalue weighted by atomic mass is 16.2. The summed E-state index contributed by atoms with van der Waals surface area (Å²) in [6.45, 7) is 4.38. The Morgan fingerprint density at radius 3 is 2.62 bits per heavy atom. The number of hydrogen-bond acceptors (Lipinski definition) is 3. The fourth-order valence-electron chi connectivity index (χ4n) is 4.43. The minimum Gasteiger partial charge on any atom is -0.350 e. The number of aromatic nitrogens is 3. The van der Waals surface area contributed by atoms with Crippen LogP contribution in [-0.2, 0) is 23.2 Å². The molecule has 0 radical (unpaired) electrons. The van der Waals surface area contributed by atoms with Crippen LogP contribution in [0.3, 0.4) is 0 Å². The monoisotopic (exact) mass is 427 g/mol. The summed E-state index contributed by atoms with van der Waals surface area (Å²) >= 11 is 0.